The van der Waals surface area contributed by atoms with Gasteiger partial charge in [-0.2, -0.15) is 0 Å². The lowest BCUT2D eigenvalue weighted by Gasteiger charge is -2.31. The summed E-state index contributed by atoms with van der Waals surface area (Å²) in [6.07, 6.45) is 3.50. The molecule has 4 aromatic rings. The number of carbonyl (C=O) groups is 2. The van der Waals surface area contributed by atoms with Crippen LogP contribution in [0.4, 0.5) is 0 Å². The van der Waals surface area contributed by atoms with E-state index in [9.17, 15) is 14.4 Å². The number of aromatic amines is 2. The van der Waals surface area contributed by atoms with Crippen molar-refractivity contribution in [3.8, 4) is 17.1 Å². The number of likely N-dealkylation sites (tertiary alicyclic amines) is 1. The van der Waals surface area contributed by atoms with Crippen molar-refractivity contribution in [2.75, 3.05) is 26.3 Å². The molecule has 3 heterocycles. The van der Waals surface area contributed by atoms with Crippen LogP contribution in [0.2, 0.25) is 0 Å². The number of piperidine rings is 1. The smallest absolute Gasteiger partial charge is 0.309 e. The third-order valence-corrected chi connectivity index (χ3v) is 6.59. The minimum Gasteiger partial charge on any atom is -0.493 e. The molecule has 0 radical (unpaired) electrons. The van der Waals surface area contributed by atoms with Gasteiger partial charge in [0.2, 0.25) is 0 Å². The highest BCUT2D eigenvalue weighted by Gasteiger charge is 2.29. The van der Waals surface area contributed by atoms with Crippen molar-refractivity contribution in [3.63, 3.8) is 0 Å². The second-order valence-electron chi connectivity index (χ2n) is 9.08. The Balaban J connectivity index is 1.48. The van der Waals surface area contributed by atoms with Gasteiger partial charge < -0.3 is 24.3 Å². The number of H-pyrrole nitrogens is 2. The summed E-state index contributed by atoms with van der Waals surface area (Å²) in [5, 5.41) is 0.438. The van der Waals surface area contributed by atoms with Crippen LogP contribution >= 0.6 is 0 Å². The number of imidazole rings is 1. The van der Waals surface area contributed by atoms with Crippen molar-refractivity contribution in [1.29, 1.82) is 0 Å². The molecular formula is C27H29N5O5. The molecule has 1 saturated heterocycles. The second kappa shape index (κ2) is 10.4. The fraction of sp³-hybridized carbons (Fsp3) is 0.370. The Morgan fingerprint density at radius 1 is 1.11 bits per heavy atom. The van der Waals surface area contributed by atoms with Crippen LogP contribution in [0.1, 0.15) is 43.5 Å². The third-order valence-electron chi connectivity index (χ3n) is 6.59. The summed E-state index contributed by atoms with van der Waals surface area (Å²) in [7, 11) is 0. The van der Waals surface area contributed by atoms with Gasteiger partial charge in [0.05, 0.1) is 53.0 Å². The molecule has 10 nitrogen and oxygen atoms in total. The maximum absolute atomic E-state index is 13.4. The molecule has 192 valence electrons. The second-order valence-corrected chi connectivity index (χ2v) is 9.08. The Morgan fingerprint density at radius 2 is 1.92 bits per heavy atom. The van der Waals surface area contributed by atoms with Gasteiger partial charge in [-0.05, 0) is 56.5 Å². The number of carbonyl (C=O) groups excluding carboxylic acids is 2. The molecular weight excluding hydrogens is 474 g/mol. The first kappa shape index (κ1) is 24.5. The third kappa shape index (κ3) is 4.91. The highest BCUT2D eigenvalue weighted by Crippen LogP contribution is 2.31. The van der Waals surface area contributed by atoms with Crippen molar-refractivity contribution < 1.29 is 19.1 Å². The van der Waals surface area contributed by atoms with Crippen LogP contribution < -0.4 is 10.3 Å². The molecule has 2 aromatic heterocycles. The zero-order chi connectivity index (χ0) is 25.9. The molecule has 1 aliphatic rings. The summed E-state index contributed by atoms with van der Waals surface area (Å²) in [5.74, 6) is 0.314. The summed E-state index contributed by atoms with van der Waals surface area (Å²) in [4.78, 5) is 55.0. The van der Waals surface area contributed by atoms with Gasteiger partial charge in [-0.25, -0.2) is 9.97 Å². The normalized spacial score (nSPS) is 14.3. The van der Waals surface area contributed by atoms with Crippen LogP contribution in [0.15, 0.2) is 41.5 Å². The Labute approximate surface area is 213 Å². The van der Waals surface area contributed by atoms with E-state index in [1.54, 1.807) is 48.5 Å². The maximum atomic E-state index is 13.4. The number of esters is 1. The number of hydrogen-bond acceptors (Lipinski definition) is 7. The van der Waals surface area contributed by atoms with E-state index in [1.165, 1.54) is 0 Å². The standard InChI is InChI=1S/C27H29N5O5/c1-3-11-37-23-6-5-17(26(34)32-9-7-16(8-10-32)27(35)36-4-2)12-19(23)24-30-20-14-22-21(28-15-29-22)13-18(20)25(33)31-24/h5-6,12-16H,3-4,7-11H2,1-2H3,(H,28,29)(H,30,31,33). The number of ether oxygens (including phenoxy) is 2. The number of nitrogens with one attached hydrogen (secondary N) is 2. The Kier molecular flexibility index (Phi) is 6.89. The van der Waals surface area contributed by atoms with Gasteiger partial charge in [0.1, 0.15) is 11.6 Å². The Bertz CT molecular complexity index is 1520. The molecule has 1 aliphatic heterocycles. The van der Waals surface area contributed by atoms with Crippen molar-refractivity contribution in [3.05, 3.63) is 52.6 Å². The number of nitrogens with zero attached hydrogens (tertiary/aromatic N) is 3. The van der Waals surface area contributed by atoms with E-state index in [-0.39, 0.29) is 23.4 Å². The van der Waals surface area contributed by atoms with Gasteiger partial charge in [0.15, 0.2) is 0 Å². The van der Waals surface area contributed by atoms with Gasteiger partial charge in [-0.1, -0.05) is 6.92 Å². The fourth-order valence-corrected chi connectivity index (χ4v) is 4.64. The summed E-state index contributed by atoms with van der Waals surface area (Å²) >= 11 is 0. The van der Waals surface area contributed by atoms with Crippen LogP contribution in [0, 0.1) is 5.92 Å². The number of amides is 1. The molecule has 2 aromatic carbocycles. The van der Waals surface area contributed by atoms with Crippen LogP contribution in [0.5, 0.6) is 5.75 Å². The van der Waals surface area contributed by atoms with E-state index in [0.29, 0.717) is 78.3 Å². The molecule has 10 heteroatoms. The molecule has 0 spiro atoms. The molecule has 5 rings (SSSR count). The van der Waals surface area contributed by atoms with Gasteiger partial charge in [0.25, 0.3) is 11.5 Å². The molecule has 0 aliphatic carbocycles. The largest absolute Gasteiger partial charge is 0.493 e. The zero-order valence-corrected chi connectivity index (χ0v) is 20.9. The van der Waals surface area contributed by atoms with Gasteiger partial charge in [0, 0.05) is 18.7 Å². The zero-order valence-electron chi connectivity index (χ0n) is 20.9. The van der Waals surface area contributed by atoms with Crippen LogP contribution in [0.25, 0.3) is 33.3 Å². The lowest BCUT2D eigenvalue weighted by molar-refractivity contribution is -0.149. The number of fused-ring (bicyclic) bond motifs is 2. The number of hydrogen-bond donors (Lipinski definition) is 2. The minimum atomic E-state index is -0.296. The summed E-state index contributed by atoms with van der Waals surface area (Å²) in [5.41, 5.74) is 2.64. The summed E-state index contributed by atoms with van der Waals surface area (Å²) < 4.78 is 11.1. The van der Waals surface area contributed by atoms with Gasteiger partial charge >= 0.3 is 5.97 Å². The van der Waals surface area contributed by atoms with E-state index in [2.05, 4.69) is 15.0 Å². The van der Waals surface area contributed by atoms with Crippen molar-refractivity contribution in [1.82, 2.24) is 24.8 Å². The molecule has 0 unspecified atom stereocenters. The molecule has 1 fully saturated rings. The maximum Gasteiger partial charge on any atom is 0.309 e. The number of aromatic nitrogens is 4. The molecule has 0 bridgehead atoms. The average Bonchev–Trinajstić information content (AvgIpc) is 3.38. The highest BCUT2D eigenvalue weighted by atomic mass is 16.5. The fourth-order valence-electron chi connectivity index (χ4n) is 4.64. The Morgan fingerprint density at radius 3 is 2.68 bits per heavy atom. The first-order valence-electron chi connectivity index (χ1n) is 12.6. The molecule has 1 amide bonds. The SMILES string of the molecule is CCCOc1ccc(C(=O)N2CCC(C(=O)OCC)CC2)cc1-c1nc2cc3nc[nH]c3cc2c(=O)[nH]1. The van der Waals surface area contributed by atoms with Gasteiger partial charge in [-0.3, -0.25) is 14.4 Å². The predicted molar refractivity (Wildman–Crippen MR) is 138 cm³/mol. The van der Waals surface area contributed by atoms with E-state index in [4.69, 9.17) is 14.5 Å². The van der Waals surface area contributed by atoms with E-state index in [1.807, 2.05) is 6.92 Å². The highest BCUT2D eigenvalue weighted by molar-refractivity contribution is 5.97. The van der Waals surface area contributed by atoms with E-state index < -0.39 is 0 Å². The molecule has 0 atom stereocenters. The van der Waals surface area contributed by atoms with Crippen LogP contribution in [-0.4, -0.2) is 63.0 Å². The van der Waals surface area contributed by atoms with Crippen LogP contribution in [-0.2, 0) is 9.53 Å². The van der Waals surface area contributed by atoms with E-state index in [0.717, 1.165) is 11.9 Å². The monoisotopic (exact) mass is 503 g/mol. The van der Waals surface area contributed by atoms with E-state index >= 15 is 0 Å². The molecule has 37 heavy (non-hydrogen) atoms. The molecule has 0 saturated carbocycles. The summed E-state index contributed by atoms with van der Waals surface area (Å²) in [6.45, 7) is 5.56. The van der Waals surface area contributed by atoms with Crippen molar-refractivity contribution in [2.24, 2.45) is 5.92 Å². The topological polar surface area (TPSA) is 130 Å². The average molecular weight is 504 g/mol. The number of benzene rings is 2. The first-order chi connectivity index (χ1) is 18.0. The van der Waals surface area contributed by atoms with Crippen molar-refractivity contribution in [2.45, 2.75) is 33.1 Å². The first-order valence-corrected chi connectivity index (χ1v) is 12.6. The lowest BCUT2D eigenvalue weighted by Crippen LogP contribution is -2.40. The van der Waals surface area contributed by atoms with Crippen LogP contribution in [0.3, 0.4) is 0 Å². The predicted octanol–water partition coefficient (Wildman–Crippen LogP) is 3.67. The van der Waals surface area contributed by atoms with Gasteiger partial charge in [-0.15, -0.1) is 0 Å². The Hall–Kier alpha value is -4.21. The lowest BCUT2D eigenvalue weighted by atomic mass is 9.96. The minimum absolute atomic E-state index is 0.146. The number of rotatable bonds is 7. The summed E-state index contributed by atoms with van der Waals surface area (Å²) in [6, 6.07) is 8.66. The van der Waals surface area contributed by atoms with Crippen molar-refractivity contribution >= 4 is 33.8 Å². The molecule has 2 N–H and O–H groups in total. The quantitative estimate of drug-likeness (QED) is 0.368.